The molecule has 0 radical (unpaired) electrons. The van der Waals surface area contributed by atoms with Crippen LogP contribution in [0, 0.1) is 0 Å². The Hall–Kier alpha value is -1.99. The van der Waals surface area contributed by atoms with Crippen molar-refractivity contribution in [3.05, 3.63) is 58.4 Å². The van der Waals surface area contributed by atoms with E-state index in [2.05, 4.69) is 4.98 Å². The number of amides is 1. The van der Waals surface area contributed by atoms with Gasteiger partial charge >= 0.3 is 6.18 Å². The van der Waals surface area contributed by atoms with Gasteiger partial charge in [0.05, 0.1) is 22.7 Å². The summed E-state index contributed by atoms with van der Waals surface area (Å²) in [7, 11) is 0. The molecule has 8 heteroatoms. The molecule has 1 aliphatic rings. The SMILES string of the molecule is O=C(c1cc(Cl)c[nH]1)N1C[C@H](O)C[C@H]1c1cccc(C(F)(F)F)c1. The number of hydrogen-bond acceptors (Lipinski definition) is 2. The van der Waals surface area contributed by atoms with Crippen molar-refractivity contribution in [2.75, 3.05) is 6.54 Å². The van der Waals surface area contributed by atoms with Crippen molar-refractivity contribution in [1.29, 1.82) is 0 Å². The van der Waals surface area contributed by atoms with Crippen molar-refractivity contribution in [2.45, 2.75) is 24.7 Å². The highest BCUT2D eigenvalue weighted by Crippen LogP contribution is 2.36. The molecule has 0 unspecified atom stereocenters. The van der Waals surface area contributed by atoms with Crippen LogP contribution in [0.25, 0.3) is 0 Å². The zero-order chi connectivity index (χ0) is 17.5. The van der Waals surface area contributed by atoms with Crippen molar-refractivity contribution in [3.63, 3.8) is 0 Å². The average molecular weight is 359 g/mol. The van der Waals surface area contributed by atoms with E-state index in [0.717, 1.165) is 12.1 Å². The van der Waals surface area contributed by atoms with Crippen molar-refractivity contribution in [3.8, 4) is 0 Å². The summed E-state index contributed by atoms with van der Waals surface area (Å²) in [5.41, 5.74) is -0.213. The average Bonchev–Trinajstić information content (AvgIpc) is 3.12. The van der Waals surface area contributed by atoms with Crippen LogP contribution in [0.2, 0.25) is 5.02 Å². The van der Waals surface area contributed by atoms with E-state index >= 15 is 0 Å². The number of nitrogens with zero attached hydrogens (tertiary/aromatic N) is 1. The van der Waals surface area contributed by atoms with E-state index in [1.807, 2.05) is 0 Å². The highest BCUT2D eigenvalue weighted by molar-refractivity contribution is 6.30. The molecule has 1 aliphatic heterocycles. The van der Waals surface area contributed by atoms with Gasteiger partial charge in [-0.15, -0.1) is 0 Å². The first-order chi connectivity index (χ1) is 11.3. The topological polar surface area (TPSA) is 56.3 Å². The van der Waals surface area contributed by atoms with E-state index in [9.17, 15) is 23.1 Å². The number of β-amino-alcohol motifs (C(OH)–C–C–N with tert-alkyl or cyclic N) is 1. The number of aromatic amines is 1. The molecule has 0 saturated carbocycles. The Labute approximate surface area is 140 Å². The first-order valence-electron chi connectivity index (χ1n) is 7.26. The summed E-state index contributed by atoms with van der Waals surface area (Å²) in [6.07, 6.45) is -3.63. The number of H-pyrrole nitrogens is 1. The van der Waals surface area contributed by atoms with Gasteiger partial charge in [0.2, 0.25) is 0 Å². The molecule has 1 aromatic carbocycles. The number of alkyl halides is 3. The number of nitrogens with one attached hydrogen (secondary N) is 1. The van der Waals surface area contributed by atoms with Gasteiger partial charge in [0.25, 0.3) is 5.91 Å². The lowest BCUT2D eigenvalue weighted by atomic mass is 10.0. The van der Waals surface area contributed by atoms with E-state index in [0.29, 0.717) is 10.6 Å². The predicted octanol–water partition coefficient (Wildman–Crippen LogP) is 3.64. The van der Waals surface area contributed by atoms with Crippen LogP contribution in [0.5, 0.6) is 0 Å². The minimum absolute atomic E-state index is 0.0520. The van der Waals surface area contributed by atoms with E-state index in [4.69, 9.17) is 11.6 Å². The summed E-state index contributed by atoms with van der Waals surface area (Å²) in [5, 5.41) is 10.3. The molecular formula is C16H14ClF3N2O2. The molecular weight excluding hydrogens is 345 g/mol. The zero-order valence-corrected chi connectivity index (χ0v) is 13.1. The van der Waals surface area contributed by atoms with Gasteiger partial charge in [0, 0.05) is 12.7 Å². The highest BCUT2D eigenvalue weighted by Gasteiger charge is 2.38. The van der Waals surface area contributed by atoms with Crippen LogP contribution < -0.4 is 0 Å². The Kier molecular flexibility index (Phi) is 4.31. The predicted molar refractivity (Wildman–Crippen MR) is 81.6 cm³/mol. The Morgan fingerprint density at radius 2 is 2.08 bits per heavy atom. The number of likely N-dealkylation sites (tertiary alicyclic amines) is 1. The molecule has 2 atom stereocenters. The number of aromatic nitrogens is 1. The maximum absolute atomic E-state index is 12.9. The molecule has 2 heterocycles. The monoisotopic (exact) mass is 358 g/mol. The Morgan fingerprint density at radius 1 is 1.33 bits per heavy atom. The second-order valence-corrected chi connectivity index (χ2v) is 6.15. The third kappa shape index (κ3) is 3.27. The maximum Gasteiger partial charge on any atom is 0.416 e. The maximum atomic E-state index is 12.9. The van der Waals surface area contributed by atoms with Gasteiger partial charge in [0.1, 0.15) is 5.69 Å². The number of carbonyl (C=O) groups is 1. The zero-order valence-electron chi connectivity index (χ0n) is 12.3. The molecule has 2 N–H and O–H groups in total. The molecule has 3 rings (SSSR count). The van der Waals surface area contributed by atoms with Gasteiger partial charge in [0.15, 0.2) is 0 Å². The normalized spacial score (nSPS) is 21.3. The van der Waals surface area contributed by atoms with E-state index in [-0.39, 0.29) is 18.7 Å². The summed E-state index contributed by atoms with van der Waals surface area (Å²) in [6, 6.07) is 5.64. The fourth-order valence-electron chi connectivity index (χ4n) is 2.92. The molecule has 0 spiro atoms. The van der Waals surface area contributed by atoms with Crippen LogP contribution in [-0.4, -0.2) is 33.5 Å². The number of aliphatic hydroxyl groups excluding tert-OH is 1. The number of halogens is 4. The molecule has 1 amide bonds. The van der Waals surface area contributed by atoms with E-state index in [1.54, 1.807) is 0 Å². The summed E-state index contributed by atoms with van der Waals surface area (Å²) in [6.45, 7) is 0.0520. The second kappa shape index (κ2) is 6.14. The number of aliphatic hydroxyl groups is 1. The summed E-state index contributed by atoms with van der Waals surface area (Å²) in [4.78, 5) is 16.7. The Morgan fingerprint density at radius 3 is 2.71 bits per heavy atom. The summed E-state index contributed by atoms with van der Waals surface area (Å²) < 4.78 is 38.7. The lowest BCUT2D eigenvalue weighted by molar-refractivity contribution is -0.137. The number of hydrogen-bond donors (Lipinski definition) is 2. The minimum Gasteiger partial charge on any atom is -0.391 e. The molecule has 24 heavy (non-hydrogen) atoms. The third-order valence-corrected chi connectivity index (χ3v) is 4.24. The largest absolute Gasteiger partial charge is 0.416 e. The third-order valence-electron chi connectivity index (χ3n) is 4.02. The number of carbonyl (C=O) groups excluding carboxylic acids is 1. The minimum atomic E-state index is -4.46. The lowest BCUT2D eigenvalue weighted by Gasteiger charge is -2.25. The molecule has 1 fully saturated rings. The molecule has 1 saturated heterocycles. The van der Waals surface area contributed by atoms with Gasteiger partial charge in [-0.05, 0) is 30.2 Å². The first-order valence-corrected chi connectivity index (χ1v) is 7.63. The molecule has 0 bridgehead atoms. The van der Waals surface area contributed by atoms with Crippen molar-refractivity contribution < 1.29 is 23.1 Å². The fourth-order valence-corrected chi connectivity index (χ4v) is 3.09. The number of rotatable bonds is 2. The molecule has 2 aromatic rings. The van der Waals surface area contributed by atoms with Crippen molar-refractivity contribution in [1.82, 2.24) is 9.88 Å². The van der Waals surface area contributed by atoms with Gasteiger partial charge in [-0.3, -0.25) is 4.79 Å². The quantitative estimate of drug-likeness (QED) is 0.861. The van der Waals surface area contributed by atoms with Crippen molar-refractivity contribution in [2.24, 2.45) is 0 Å². The summed E-state index contributed by atoms with van der Waals surface area (Å²) >= 11 is 5.79. The van der Waals surface area contributed by atoms with Crippen LogP contribution in [-0.2, 0) is 6.18 Å². The van der Waals surface area contributed by atoms with Gasteiger partial charge in [-0.1, -0.05) is 23.7 Å². The Bertz CT molecular complexity index is 760. The highest BCUT2D eigenvalue weighted by atomic mass is 35.5. The number of benzene rings is 1. The van der Waals surface area contributed by atoms with Crippen LogP contribution in [0.4, 0.5) is 13.2 Å². The first kappa shape index (κ1) is 16.9. The molecule has 0 aliphatic carbocycles. The summed E-state index contributed by atoms with van der Waals surface area (Å²) in [5.74, 6) is -0.416. The van der Waals surface area contributed by atoms with Crippen LogP contribution >= 0.6 is 11.6 Å². The fraction of sp³-hybridized carbons (Fsp3) is 0.312. The van der Waals surface area contributed by atoms with Gasteiger partial charge < -0.3 is 15.0 Å². The van der Waals surface area contributed by atoms with Gasteiger partial charge in [-0.2, -0.15) is 13.2 Å². The molecule has 1 aromatic heterocycles. The standard InChI is InChI=1S/C16H14ClF3N2O2/c17-11-5-13(21-7-11)15(24)22-8-12(23)6-14(22)9-2-1-3-10(4-9)16(18,19)20/h1-5,7,12,14,21,23H,6,8H2/t12-,14+/m1/s1. The van der Waals surface area contributed by atoms with Gasteiger partial charge in [-0.25, -0.2) is 0 Å². The molecule has 128 valence electrons. The smallest absolute Gasteiger partial charge is 0.391 e. The van der Waals surface area contributed by atoms with E-state index < -0.39 is 29.8 Å². The molecule has 4 nitrogen and oxygen atoms in total. The van der Waals surface area contributed by atoms with Crippen molar-refractivity contribution >= 4 is 17.5 Å². The van der Waals surface area contributed by atoms with Crippen LogP contribution in [0.1, 0.15) is 34.1 Å². The van der Waals surface area contributed by atoms with E-state index in [1.165, 1.54) is 29.3 Å². The second-order valence-electron chi connectivity index (χ2n) is 5.72. The Balaban J connectivity index is 1.92. The lowest BCUT2D eigenvalue weighted by Crippen LogP contribution is -2.32. The van der Waals surface area contributed by atoms with Crippen LogP contribution in [0.15, 0.2) is 36.5 Å². The van der Waals surface area contributed by atoms with Crippen LogP contribution in [0.3, 0.4) is 0 Å².